The Labute approximate surface area is 81.3 Å². The zero-order valence-electron chi connectivity index (χ0n) is 8.88. The highest BCUT2D eigenvalue weighted by molar-refractivity contribution is 5.73. The van der Waals surface area contributed by atoms with Crippen LogP contribution in [0.2, 0.25) is 0 Å². The topological polar surface area (TPSA) is 46.3 Å². The van der Waals surface area contributed by atoms with Gasteiger partial charge < -0.3 is 10.6 Å². The Balaban J connectivity index is 3.51. The predicted octanol–water partition coefficient (Wildman–Crippen LogP) is 1.37. The fourth-order valence-electron chi connectivity index (χ4n) is 1.32. The van der Waals surface area contributed by atoms with Crippen molar-refractivity contribution in [2.75, 3.05) is 19.6 Å². The molecular formula is C10H22N2O. The monoisotopic (exact) mass is 186 g/mol. The highest BCUT2D eigenvalue weighted by atomic mass is 16.2. The zero-order valence-corrected chi connectivity index (χ0v) is 8.88. The maximum absolute atomic E-state index is 11.1. The molecule has 13 heavy (non-hydrogen) atoms. The molecule has 0 saturated carbocycles. The Bertz CT molecular complexity index is 137. The van der Waals surface area contributed by atoms with Gasteiger partial charge in [0.05, 0.1) is 0 Å². The van der Waals surface area contributed by atoms with Gasteiger partial charge in [-0.3, -0.25) is 4.79 Å². The predicted molar refractivity (Wildman–Crippen MR) is 55.5 cm³/mol. The SMILES string of the molecule is CCCN(CCCCCN)C(C)=O. The van der Waals surface area contributed by atoms with Crippen molar-refractivity contribution in [3.63, 3.8) is 0 Å². The fourth-order valence-corrected chi connectivity index (χ4v) is 1.32. The molecule has 3 nitrogen and oxygen atoms in total. The van der Waals surface area contributed by atoms with Crippen LogP contribution in [0.5, 0.6) is 0 Å². The van der Waals surface area contributed by atoms with Crippen LogP contribution in [0, 0.1) is 0 Å². The van der Waals surface area contributed by atoms with Crippen molar-refractivity contribution in [1.82, 2.24) is 4.90 Å². The first-order chi connectivity index (χ1) is 6.22. The molecule has 0 aromatic carbocycles. The Morgan fingerprint density at radius 1 is 1.23 bits per heavy atom. The molecule has 0 heterocycles. The molecule has 2 N–H and O–H groups in total. The van der Waals surface area contributed by atoms with Gasteiger partial charge in [0.2, 0.25) is 5.91 Å². The Morgan fingerprint density at radius 3 is 2.38 bits per heavy atom. The van der Waals surface area contributed by atoms with Gasteiger partial charge in [-0.1, -0.05) is 13.3 Å². The minimum Gasteiger partial charge on any atom is -0.343 e. The highest BCUT2D eigenvalue weighted by Gasteiger charge is 2.05. The summed E-state index contributed by atoms with van der Waals surface area (Å²) in [7, 11) is 0. The normalized spacial score (nSPS) is 10.1. The number of unbranched alkanes of at least 4 members (excludes halogenated alkanes) is 2. The summed E-state index contributed by atoms with van der Waals surface area (Å²) in [6.45, 7) is 6.27. The zero-order chi connectivity index (χ0) is 10.1. The third-order valence-electron chi connectivity index (χ3n) is 2.07. The molecule has 0 atom stereocenters. The minimum absolute atomic E-state index is 0.189. The van der Waals surface area contributed by atoms with Crippen LogP contribution >= 0.6 is 0 Å². The number of nitrogens with two attached hydrogens (primary N) is 1. The molecule has 0 aliphatic rings. The van der Waals surface area contributed by atoms with E-state index in [-0.39, 0.29) is 5.91 Å². The summed E-state index contributed by atoms with van der Waals surface area (Å²) in [6, 6.07) is 0. The Hall–Kier alpha value is -0.570. The molecule has 0 radical (unpaired) electrons. The van der Waals surface area contributed by atoms with E-state index in [4.69, 9.17) is 5.73 Å². The number of amides is 1. The van der Waals surface area contributed by atoms with Crippen LogP contribution in [0.3, 0.4) is 0 Å². The van der Waals surface area contributed by atoms with Gasteiger partial charge in [-0.2, -0.15) is 0 Å². The van der Waals surface area contributed by atoms with Crippen LogP contribution in [0.15, 0.2) is 0 Å². The smallest absolute Gasteiger partial charge is 0.219 e. The van der Waals surface area contributed by atoms with Crippen molar-refractivity contribution < 1.29 is 4.79 Å². The van der Waals surface area contributed by atoms with Crippen molar-refractivity contribution in [2.24, 2.45) is 5.73 Å². The summed E-state index contributed by atoms with van der Waals surface area (Å²) in [5.41, 5.74) is 5.38. The quantitative estimate of drug-likeness (QED) is 0.610. The lowest BCUT2D eigenvalue weighted by atomic mass is 10.2. The maximum atomic E-state index is 11.1. The Kier molecular flexibility index (Phi) is 7.69. The molecular weight excluding hydrogens is 164 g/mol. The van der Waals surface area contributed by atoms with Crippen LogP contribution < -0.4 is 5.73 Å². The standard InChI is InChI=1S/C10H22N2O/c1-3-8-12(10(2)13)9-6-4-5-7-11/h3-9,11H2,1-2H3. The van der Waals surface area contributed by atoms with Gasteiger partial charge in [-0.25, -0.2) is 0 Å². The molecule has 0 spiro atoms. The third-order valence-corrected chi connectivity index (χ3v) is 2.07. The van der Waals surface area contributed by atoms with Gasteiger partial charge in [-0.05, 0) is 25.8 Å². The lowest BCUT2D eigenvalue weighted by Gasteiger charge is -2.19. The second-order valence-corrected chi connectivity index (χ2v) is 3.36. The van der Waals surface area contributed by atoms with E-state index in [2.05, 4.69) is 6.92 Å². The summed E-state index contributed by atoms with van der Waals surface area (Å²) < 4.78 is 0. The van der Waals surface area contributed by atoms with Crippen LogP contribution in [0.25, 0.3) is 0 Å². The largest absolute Gasteiger partial charge is 0.343 e. The van der Waals surface area contributed by atoms with Crippen molar-refractivity contribution >= 4 is 5.91 Å². The van der Waals surface area contributed by atoms with E-state index in [1.807, 2.05) is 4.90 Å². The second-order valence-electron chi connectivity index (χ2n) is 3.36. The summed E-state index contributed by atoms with van der Waals surface area (Å²) >= 11 is 0. The van der Waals surface area contributed by atoms with Crippen LogP contribution in [0.1, 0.15) is 39.5 Å². The van der Waals surface area contributed by atoms with E-state index in [9.17, 15) is 4.79 Å². The molecule has 0 bridgehead atoms. The summed E-state index contributed by atoms with van der Waals surface area (Å²) in [6.07, 6.45) is 4.31. The summed E-state index contributed by atoms with van der Waals surface area (Å²) in [5.74, 6) is 0.189. The van der Waals surface area contributed by atoms with E-state index in [1.165, 1.54) is 0 Å². The van der Waals surface area contributed by atoms with Crippen molar-refractivity contribution in [2.45, 2.75) is 39.5 Å². The number of carbonyl (C=O) groups is 1. The molecule has 3 heteroatoms. The molecule has 0 rings (SSSR count). The van der Waals surface area contributed by atoms with Crippen LogP contribution in [0.4, 0.5) is 0 Å². The number of hydrogen-bond acceptors (Lipinski definition) is 2. The number of rotatable bonds is 7. The van der Waals surface area contributed by atoms with E-state index >= 15 is 0 Å². The molecule has 0 saturated heterocycles. The van der Waals surface area contributed by atoms with Crippen molar-refractivity contribution in [1.29, 1.82) is 0 Å². The summed E-state index contributed by atoms with van der Waals surface area (Å²) in [5, 5.41) is 0. The van der Waals surface area contributed by atoms with Crippen molar-refractivity contribution in [3.8, 4) is 0 Å². The van der Waals surface area contributed by atoms with Crippen LogP contribution in [-0.4, -0.2) is 30.4 Å². The maximum Gasteiger partial charge on any atom is 0.219 e. The molecule has 0 fully saturated rings. The molecule has 0 aromatic rings. The molecule has 0 aliphatic heterocycles. The first-order valence-electron chi connectivity index (χ1n) is 5.18. The lowest BCUT2D eigenvalue weighted by molar-refractivity contribution is -0.128. The van der Waals surface area contributed by atoms with Gasteiger partial charge >= 0.3 is 0 Å². The van der Waals surface area contributed by atoms with Gasteiger partial charge in [0.1, 0.15) is 0 Å². The average molecular weight is 186 g/mol. The number of nitrogens with zero attached hydrogens (tertiary/aromatic N) is 1. The fraction of sp³-hybridized carbons (Fsp3) is 0.900. The number of hydrogen-bond donors (Lipinski definition) is 1. The Morgan fingerprint density at radius 2 is 1.92 bits per heavy atom. The second kappa shape index (κ2) is 8.05. The average Bonchev–Trinajstić information content (AvgIpc) is 2.10. The van der Waals surface area contributed by atoms with E-state index in [0.717, 1.165) is 45.3 Å². The lowest BCUT2D eigenvalue weighted by Crippen LogP contribution is -2.30. The third kappa shape index (κ3) is 6.58. The molecule has 0 aromatic heterocycles. The van der Waals surface area contributed by atoms with Gasteiger partial charge in [0, 0.05) is 20.0 Å². The van der Waals surface area contributed by atoms with Crippen molar-refractivity contribution in [3.05, 3.63) is 0 Å². The first kappa shape index (κ1) is 12.4. The van der Waals surface area contributed by atoms with E-state index < -0.39 is 0 Å². The molecule has 1 amide bonds. The van der Waals surface area contributed by atoms with Gasteiger partial charge in [-0.15, -0.1) is 0 Å². The molecule has 78 valence electrons. The molecule has 0 aliphatic carbocycles. The first-order valence-corrected chi connectivity index (χ1v) is 5.18. The molecule has 0 unspecified atom stereocenters. The number of carbonyl (C=O) groups excluding carboxylic acids is 1. The van der Waals surface area contributed by atoms with E-state index in [1.54, 1.807) is 6.92 Å². The van der Waals surface area contributed by atoms with Gasteiger partial charge in [0.15, 0.2) is 0 Å². The summed E-state index contributed by atoms with van der Waals surface area (Å²) in [4.78, 5) is 13.0. The van der Waals surface area contributed by atoms with E-state index in [0.29, 0.717) is 0 Å². The van der Waals surface area contributed by atoms with Gasteiger partial charge in [0.25, 0.3) is 0 Å². The van der Waals surface area contributed by atoms with Crippen LogP contribution in [-0.2, 0) is 4.79 Å². The minimum atomic E-state index is 0.189. The highest BCUT2D eigenvalue weighted by Crippen LogP contribution is 1.99.